The molecule has 120 valence electrons. The van der Waals surface area contributed by atoms with Gasteiger partial charge < -0.3 is 14.3 Å². The van der Waals surface area contributed by atoms with Gasteiger partial charge in [0.2, 0.25) is 0 Å². The lowest BCUT2D eigenvalue weighted by Gasteiger charge is -2.27. The Balaban J connectivity index is 1.75. The number of hydrogen-bond acceptors (Lipinski definition) is 4. The third kappa shape index (κ3) is 4.94. The molecule has 1 aromatic carbocycles. The molecule has 2 rings (SSSR count). The number of aliphatic hydroxyl groups excluding tert-OH is 1. The van der Waals surface area contributed by atoms with E-state index in [2.05, 4.69) is 0 Å². The van der Waals surface area contributed by atoms with Gasteiger partial charge in [-0.05, 0) is 43.8 Å². The van der Waals surface area contributed by atoms with E-state index in [4.69, 9.17) is 9.15 Å². The first-order valence-electron chi connectivity index (χ1n) is 7.30. The molecule has 0 radical (unpaired) electrons. The van der Waals surface area contributed by atoms with Crippen molar-refractivity contribution in [2.45, 2.75) is 25.7 Å². The van der Waals surface area contributed by atoms with E-state index in [1.54, 1.807) is 24.5 Å². The zero-order chi connectivity index (χ0) is 15.9. The van der Waals surface area contributed by atoms with Gasteiger partial charge in [0.05, 0.1) is 19.0 Å². The number of furan rings is 1. The summed E-state index contributed by atoms with van der Waals surface area (Å²) in [6.45, 7) is 3.07. The van der Waals surface area contributed by atoms with Gasteiger partial charge in [0.25, 0.3) is 0 Å². The molecule has 0 aliphatic heterocycles. The lowest BCUT2D eigenvalue weighted by atomic mass is 10.1. The van der Waals surface area contributed by atoms with Crippen molar-refractivity contribution in [1.82, 2.24) is 4.90 Å². The Bertz CT molecular complexity index is 542. The predicted molar refractivity (Wildman–Crippen MR) is 81.8 cm³/mol. The standard InChI is InChI=1S/C17H22FNO3/c1-13(14-5-7-15(18)8-6-14)19(2)10-16(20)11-21-12-17-4-3-9-22-17/h3-9,13,16,20H,10-12H2,1-2H3. The molecule has 0 fully saturated rings. The van der Waals surface area contributed by atoms with Crippen LogP contribution in [0.15, 0.2) is 47.1 Å². The van der Waals surface area contributed by atoms with E-state index in [0.29, 0.717) is 13.2 Å². The first kappa shape index (κ1) is 16.7. The first-order chi connectivity index (χ1) is 10.6. The fraction of sp³-hybridized carbons (Fsp3) is 0.412. The molecule has 1 heterocycles. The minimum atomic E-state index is -0.595. The molecular formula is C17H22FNO3. The van der Waals surface area contributed by atoms with Gasteiger partial charge in [-0.25, -0.2) is 4.39 Å². The summed E-state index contributed by atoms with van der Waals surface area (Å²) >= 11 is 0. The summed E-state index contributed by atoms with van der Waals surface area (Å²) in [6.07, 6.45) is 0.996. The molecule has 0 bridgehead atoms. The first-order valence-corrected chi connectivity index (χ1v) is 7.30. The van der Waals surface area contributed by atoms with Crippen molar-refractivity contribution in [3.63, 3.8) is 0 Å². The van der Waals surface area contributed by atoms with Gasteiger partial charge in [0.1, 0.15) is 18.2 Å². The van der Waals surface area contributed by atoms with E-state index in [9.17, 15) is 9.50 Å². The fourth-order valence-electron chi connectivity index (χ4n) is 2.23. The third-order valence-electron chi connectivity index (χ3n) is 3.65. The van der Waals surface area contributed by atoms with Crippen molar-refractivity contribution < 1.29 is 18.7 Å². The highest BCUT2D eigenvalue weighted by Gasteiger charge is 2.15. The van der Waals surface area contributed by atoms with Crippen LogP contribution >= 0.6 is 0 Å². The average molecular weight is 307 g/mol. The van der Waals surface area contributed by atoms with Crippen LogP contribution < -0.4 is 0 Å². The summed E-state index contributed by atoms with van der Waals surface area (Å²) in [4.78, 5) is 2.01. The van der Waals surface area contributed by atoms with Crippen LogP contribution in [0.2, 0.25) is 0 Å². The second kappa shape index (κ2) is 8.08. The zero-order valence-corrected chi connectivity index (χ0v) is 12.9. The molecule has 2 atom stereocenters. The summed E-state index contributed by atoms with van der Waals surface area (Å²) in [6, 6.07) is 10.1. The minimum Gasteiger partial charge on any atom is -0.467 e. The van der Waals surface area contributed by atoms with E-state index in [0.717, 1.165) is 11.3 Å². The smallest absolute Gasteiger partial charge is 0.129 e. The molecule has 0 saturated heterocycles. The summed E-state index contributed by atoms with van der Waals surface area (Å²) in [5, 5.41) is 10.0. The van der Waals surface area contributed by atoms with Gasteiger partial charge in [-0.1, -0.05) is 12.1 Å². The molecule has 22 heavy (non-hydrogen) atoms. The number of rotatable bonds is 8. The fourth-order valence-corrected chi connectivity index (χ4v) is 2.23. The quantitative estimate of drug-likeness (QED) is 0.814. The normalized spacial score (nSPS) is 14.2. The predicted octanol–water partition coefficient (Wildman–Crippen LogP) is 2.99. The van der Waals surface area contributed by atoms with Crippen LogP contribution in [0.1, 0.15) is 24.3 Å². The van der Waals surface area contributed by atoms with E-state index in [1.165, 1.54) is 12.1 Å². The van der Waals surface area contributed by atoms with Crippen LogP contribution in [-0.4, -0.2) is 36.3 Å². The molecule has 5 heteroatoms. The Morgan fingerprint density at radius 1 is 1.27 bits per heavy atom. The highest BCUT2D eigenvalue weighted by Crippen LogP contribution is 2.19. The van der Waals surface area contributed by atoms with Gasteiger partial charge in [0.15, 0.2) is 0 Å². The zero-order valence-electron chi connectivity index (χ0n) is 12.9. The van der Waals surface area contributed by atoms with Gasteiger partial charge in [-0.15, -0.1) is 0 Å². The molecule has 4 nitrogen and oxygen atoms in total. The number of hydrogen-bond donors (Lipinski definition) is 1. The molecule has 0 saturated carbocycles. The van der Waals surface area contributed by atoms with Crippen LogP contribution in [0.4, 0.5) is 4.39 Å². The molecule has 2 aromatic rings. The van der Waals surface area contributed by atoms with Gasteiger partial charge in [0, 0.05) is 12.6 Å². The van der Waals surface area contributed by atoms with Crippen LogP contribution in [0.25, 0.3) is 0 Å². The largest absolute Gasteiger partial charge is 0.467 e. The maximum Gasteiger partial charge on any atom is 0.129 e. The van der Waals surface area contributed by atoms with Crippen LogP contribution in [-0.2, 0) is 11.3 Å². The van der Waals surface area contributed by atoms with Crippen molar-refractivity contribution in [2.24, 2.45) is 0 Å². The molecule has 0 amide bonds. The molecule has 0 aliphatic carbocycles. The number of aliphatic hydroxyl groups is 1. The van der Waals surface area contributed by atoms with Gasteiger partial charge >= 0.3 is 0 Å². The second-order valence-electron chi connectivity index (χ2n) is 5.42. The van der Waals surface area contributed by atoms with Crippen molar-refractivity contribution in [3.05, 3.63) is 59.8 Å². The topological polar surface area (TPSA) is 45.8 Å². The maximum absolute atomic E-state index is 12.9. The molecule has 2 unspecified atom stereocenters. The molecule has 1 aromatic heterocycles. The number of nitrogens with zero attached hydrogens (tertiary/aromatic N) is 1. The van der Waals surface area contributed by atoms with Crippen LogP contribution in [0, 0.1) is 5.82 Å². The highest BCUT2D eigenvalue weighted by atomic mass is 19.1. The van der Waals surface area contributed by atoms with Crippen LogP contribution in [0.3, 0.4) is 0 Å². The lowest BCUT2D eigenvalue weighted by Crippen LogP contribution is -2.34. The van der Waals surface area contributed by atoms with Crippen molar-refractivity contribution in [3.8, 4) is 0 Å². The Kier molecular flexibility index (Phi) is 6.12. The highest BCUT2D eigenvalue weighted by molar-refractivity contribution is 5.19. The minimum absolute atomic E-state index is 0.0836. The number of benzene rings is 1. The lowest BCUT2D eigenvalue weighted by molar-refractivity contribution is 0.00384. The SMILES string of the molecule is CC(c1ccc(F)cc1)N(C)CC(O)COCc1ccco1. The molecule has 0 aliphatic rings. The Hall–Kier alpha value is -1.69. The maximum atomic E-state index is 12.9. The van der Waals surface area contributed by atoms with Crippen molar-refractivity contribution in [1.29, 1.82) is 0 Å². The molecular weight excluding hydrogens is 285 g/mol. The van der Waals surface area contributed by atoms with Crippen molar-refractivity contribution in [2.75, 3.05) is 20.2 Å². The van der Waals surface area contributed by atoms with Gasteiger partial charge in [-0.2, -0.15) is 0 Å². The second-order valence-corrected chi connectivity index (χ2v) is 5.42. The Morgan fingerprint density at radius 3 is 2.64 bits per heavy atom. The molecule has 0 spiro atoms. The number of ether oxygens (including phenoxy) is 1. The Morgan fingerprint density at radius 2 is 2.00 bits per heavy atom. The third-order valence-corrected chi connectivity index (χ3v) is 3.65. The van der Waals surface area contributed by atoms with Crippen molar-refractivity contribution >= 4 is 0 Å². The summed E-state index contributed by atoms with van der Waals surface area (Å²) in [5.41, 5.74) is 1.01. The average Bonchev–Trinajstić information content (AvgIpc) is 3.00. The van der Waals surface area contributed by atoms with E-state index >= 15 is 0 Å². The van der Waals surface area contributed by atoms with Gasteiger partial charge in [-0.3, -0.25) is 4.90 Å². The van der Waals surface area contributed by atoms with Crippen LogP contribution in [0.5, 0.6) is 0 Å². The molecule has 1 N–H and O–H groups in total. The summed E-state index contributed by atoms with van der Waals surface area (Å²) in [5.74, 6) is 0.491. The number of likely N-dealkylation sites (N-methyl/N-ethyl adjacent to an activating group) is 1. The summed E-state index contributed by atoms with van der Waals surface area (Å²) in [7, 11) is 1.92. The van der Waals surface area contributed by atoms with E-state index < -0.39 is 6.10 Å². The van der Waals surface area contributed by atoms with E-state index in [-0.39, 0.29) is 18.5 Å². The Labute approximate surface area is 130 Å². The monoisotopic (exact) mass is 307 g/mol. The van der Waals surface area contributed by atoms with E-state index in [1.807, 2.05) is 24.9 Å². The summed E-state index contributed by atoms with van der Waals surface area (Å²) < 4.78 is 23.5. The number of halogens is 1.